The summed E-state index contributed by atoms with van der Waals surface area (Å²) in [5.41, 5.74) is 7.24. The van der Waals surface area contributed by atoms with Crippen molar-refractivity contribution in [2.24, 2.45) is 5.73 Å². The topological polar surface area (TPSA) is 43.8 Å². The number of nitrogens with two attached hydrogens (primary N) is 1. The zero-order valence-electron chi connectivity index (χ0n) is 9.25. The number of hydrogen-bond donors (Lipinski definition) is 1. The maximum Gasteiger partial charge on any atom is 0.110 e. The molecule has 0 saturated carbocycles. The first-order valence-corrected chi connectivity index (χ1v) is 5.29. The van der Waals surface area contributed by atoms with Crippen molar-refractivity contribution >= 4 is 0 Å². The molecule has 0 bridgehead atoms. The van der Waals surface area contributed by atoms with Crippen molar-refractivity contribution < 1.29 is 0 Å². The summed E-state index contributed by atoms with van der Waals surface area (Å²) in [5, 5.41) is 0. The molecule has 0 fully saturated rings. The van der Waals surface area contributed by atoms with E-state index in [9.17, 15) is 0 Å². The second-order valence-corrected chi connectivity index (χ2v) is 5.24. The van der Waals surface area contributed by atoms with Crippen LogP contribution >= 0.6 is 0 Å². The molecular formula is C11H19N3. The second kappa shape index (κ2) is 3.09. The van der Waals surface area contributed by atoms with E-state index in [0.717, 1.165) is 25.2 Å². The van der Waals surface area contributed by atoms with Crippen LogP contribution in [0.2, 0.25) is 0 Å². The molecule has 0 aliphatic carbocycles. The minimum absolute atomic E-state index is 0.147. The summed E-state index contributed by atoms with van der Waals surface area (Å²) in [4.78, 5) is 4.66. The molecule has 1 aromatic rings. The lowest BCUT2D eigenvalue weighted by molar-refractivity contribution is 0.463. The van der Waals surface area contributed by atoms with Crippen LogP contribution in [0.15, 0.2) is 6.20 Å². The first-order chi connectivity index (χ1) is 6.47. The Balaban J connectivity index is 2.32. The van der Waals surface area contributed by atoms with Gasteiger partial charge in [0.05, 0.1) is 5.69 Å². The molecule has 2 rings (SSSR count). The van der Waals surface area contributed by atoms with Gasteiger partial charge >= 0.3 is 0 Å². The predicted octanol–water partition coefficient (Wildman–Crippen LogP) is 1.45. The molecule has 1 aliphatic rings. The van der Waals surface area contributed by atoms with Crippen LogP contribution in [0.3, 0.4) is 0 Å². The quantitative estimate of drug-likeness (QED) is 0.678. The lowest BCUT2D eigenvalue weighted by Gasteiger charge is -2.18. The zero-order valence-corrected chi connectivity index (χ0v) is 9.25. The summed E-state index contributed by atoms with van der Waals surface area (Å²) < 4.78 is 2.25. The van der Waals surface area contributed by atoms with Crippen LogP contribution in [-0.2, 0) is 18.4 Å². The van der Waals surface area contributed by atoms with E-state index in [1.165, 1.54) is 5.69 Å². The standard InChI is InChI=1S/C11H19N3/c1-11(2,3)9-7-14-5-4-8(12)6-10(14)13-9/h7-8H,4-6,12H2,1-3H3. The molecule has 0 spiro atoms. The van der Waals surface area contributed by atoms with Crippen LogP contribution in [-0.4, -0.2) is 15.6 Å². The molecule has 0 radical (unpaired) electrons. The van der Waals surface area contributed by atoms with Crippen molar-refractivity contribution in [3.8, 4) is 0 Å². The van der Waals surface area contributed by atoms with Gasteiger partial charge < -0.3 is 10.3 Å². The number of fused-ring (bicyclic) bond motifs is 1. The number of hydrogen-bond acceptors (Lipinski definition) is 2. The smallest absolute Gasteiger partial charge is 0.110 e. The van der Waals surface area contributed by atoms with Gasteiger partial charge in [-0.1, -0.05) is 20.8 Å². The van der Waals surface area contributed by atoms with Crippen molar-refractivity contribution in [2.45, 2.75) is 51.6 Å². The highest BCUT2D eigenvalue weighted by molar-refractivity contribution is 5.15. The zero-order chi connectivity index (χ0) is 10.3. The second-order valence-electron chi connectivity index (χ2n) is 5.24. The monoisotopic (exact) mass is 193 g/mol. The van der Waals surface area contributed by atoms with Gasteiger partial charge in [0, 0.05) is 30.6 Å². The number of aromatic nitrogens is 2. The molecule has 3 heteroatoms. The molecule has 0 amide bonds. The Bertz CT molecular complexity index is 333. The highest BCUT2D eigenvalue weighted by Gasteiger charge is 2.23. The number of aryl methyl sites for hydroxylation is 1. The molecule has 0 aromatic carbocycles. The Morgan fingerprint density at radius 2 is 2.21 bits per heavy atom. The number of rotatable bonds is 0. The van der Waals surface area contributed by atoms with Crippen molar-refractivity contribution in [1.29, 1.82) is 0 Å². The van der Waals surface area contributed by atoms with Crippen molar-refractivity contribution in [2.75, 3.05) is 0 Å². The average molecular weight is 193 g/mol. The third kappa shape index (κ3) is 1.69. The number of imidazole rings is 1. The van der Waals surface area contributed by atoms with E-state index in [4.69, 9.17) is 5.73 Å². The fraction of sp³-hybridized carbons (Fsp3) is 0.727. The van der Waals surface area contributed by atoms with E-state index in [-0.39, 0.29) is 5.41 Å². The van der Waals surface area contributed by atoms with Gasteiger partial charge in [-0.15, -0.1) is 0 Å². The first kappa shape index (κ1) is 9.71. The van der Waals surface area contributed by atoms with Gasteiger partial charge in [0.1, 0.15) is 5.82 Å². The SMILES string of the molecule is CC(C)(C)c1cn2c(n1)CC(N)CC2. The highest BCUT2D eigenvalue weighted by atomic mass is 15.1. The largest absolute Gasteiger partial charge is 0.335 e. The van der Waals surface area contributed by atoms with Gasteiger partial charge in [0.25, 0.3) is 0 Å². The highest BCUT2D eigenvalue weighted by Crippen LogP contribution is 2.23. The summed E-state index contributed by atoms with van der Waals surface area (Å²) in [6.07, 6.45) is 4.18. The lowest BCUT2D eigenvalue weighted by Crippen LogP contribution is -2.30. The van der Waals surface area contributed by atoms with Gasteiger partial charge in [-0.3, -0.25) is 0 Å². The van der Waals surface area contributed by atoms with E-state index in [0.29, 0.717) is 6.04 Å². The van der Waals surface area contributed by atoms with E-state index >= 15 is 0 Å². The maximum atomic E-state index is 5.91. The van der Waals surface area contributed by atoms with Crippen molar-refractivity contribution in [3.05, 3.63) is 17.7 Å². The molecule has 1 atom stereocenters. The molecule has 1 unspecified atom stereocenters. The van der Waals surface area contributed by atoms with Crippen molar-refractivity contribution in [1.82, 2.24) is 9.55 Å². The fourth-order valence-corrected chi connectivity index (χ4v) is 1.81. The summed E-state index contributed by atoms with van der Waals surface area (Å²) in [7, 11) is 0. The maximum absolute atomic E-state index is 5.91. The molecule has 14 heavy (non-hydrogen) atoms. The van der Waals surface area contributed by atoms with Crippen molar-refractivity contribution in [3.63, 3.8) is 0 Å². The third-order valence-corrected chi connectivity index (χ3v) is 2.81. The molecule has 78 valence electrons. The van der Waals surface area contributed by atoms with Gasteiger partial charge in [-0.25, -0.2) is 4.98 Å². The Kier molecular flexibility index (Phi) is 2.14. The summed E-state index contributed by atoms with van der Waals surface area (Å²) in [6, 6.07) is 0.303. The molecule has 2 heterocycles. The Morgan fingerprint density at radius 1 is 1.50 bits per heavy atom. The third-order valence-electron chi connectivity index (χ3n) is 2.81. The summed E-state index contributed by atoms with van der Waals surface area (Å²) >= 11 is 0. The van der Waals surface area contributed by atoms with Crippen LogP contribution in [0.4, 0.5) is 0 Å². The Labute approximate surface area is 85.3 Å². The average Bonchev–Trinajstić information content (AvgIpc) is 2.45. The van der Waals surface area contributed by atoms with Gasteiger partial charge in [-0.05, 0) is 6.42 Å². The normalized spacial score (nSPS) is 22.1. The van der Waals surface area contributed by atoms with Gasteiger partial charge in [0.15, 0.2) is 0 Å². The fourth-order valence-electron chi connectivity index (χ4n) is 1.81. The molecule has 2 N–H and O–H groups in total. The lowest BCUT2D eigenvalue weighted by atomic mass is 9.93. The van der Waals surface area contributed by atoms with Crippen LogP contribution in [0, 0.1) is 0 Å². The predicted molar refractivity (Wildman–Crippen MR) is 57.2 cm³/mol. The van der Waals surface area contributed by atoms with E-state index in [1.807, 2.05) is 0 Å². The summed E-state index contributed by atoms with van der Waals surface area (Å²) in [6.45, 7) is 7.61. The van der Waals surface area contributed by atoms with Crippen LogP contribution in [0.25, 0.3) is 0 Å². The van der Waals surface area contributed by atoms with E-state index in [2.05, 4.69) is 36.5 Å². The van der Waals surface area contributed by atoms with Crippen LogP contribution in [0.5, 0.6) is 0 Å². The number of nitrogens with zero attached hydrogens (tertiary/aromatic N) is 2. The Hall–Kier alpha value is -0.830. The minimum Gasteiger partial charge on any atom is -0.335 e. The minimum atomic E-state index is 0.147. The first-order valence-electron chi connectivity index (χ1n) is 5.29. The molecular weight excluding hydrogens is 174 g/mol. The summed E-state index contributed by atoms with van der Waals surface area (Å²) in [5.74, 6) is 1.16. The van der Waals surface area contributed by atoms with Gasteiger partial charge in [-0.2, -0.15) is 0 Å². The molecule has 3 nitrogen and oxygen atoms in total. The van der Waals surface area contributed by atoms with Crippen LogP contribution < -0.4 is 5.73 Å². The van der Waals surface area contributed by atoms with E-state index < -0.39 is 0 Å². The molecule has 1 aliphatic heterocycles. The van der Waals surface area contributed by atoms with Gasteiger partial charge in [0.2, 0.25) is 0 Å². The molecule has 0 saturated heterocycles. The van der Waals surface area contributed by atoms with Crippen LogP contribution in [0.1, 0.15) is 38.7 Å². The van der Waals surface area contributed by atoms with E-state index in [1.54, 1.807) is 0 Å². The molecule has 1 aromatic heterocycles. The Morgan fingerprint density at radius 3 is 2.86 bits per heavy atom.